The van der Waals surface area contributed by atoms with Crippen LogP contribution in [0, 0.1) is 0 Å². The van der Waals surface area contributed by atoms with Crippen LogP contribution in [0.15, 0.2) is 92.4 Å². The van der Waals surface area contributed by atoms with Gasteiger partial charge in [0.05, 0.1) is 22.3 Å². The highest BCUT2D eigenvalue weighted by molar-refractivity contribution is 7.99. The standard InChI is InChI=1S/C26H16O6S2/c27-13-1-5-15(6-2-13)33-19-11-9-17(29)21-23(19)26(32)24-20(12-10-18(30)22(24)25(21)31)34-16-7-3-14(28)4-8-16/h1-12,27-30H. The highest BCUT2D eigenvalue weighted by Gasteiger charge is 2.38. The number of fused-ring (bicyclic) bond motifs is 2. The van der Waals surface area contributed by atoms with E-state index >= 15 is 0 Å². The van der Waals surface area contributed by atoms with Crippen LogP contribution in [-0.2, 0) is 0 Å². The van der Waals surface area contributed by atoms with Gasteiger partial charge in [0.2, 0.25) is 5.78 Å². The van der Waals surface area contributed by atoms with Crippen LogP contribution in [0.5, 0.6) is 23.0 Å². The molecule has 0 bridgehead atoms. The van der Waals surface area contributed by atoms with Gasteiger partial charge >= 0.3 is 0 Å². The summed E-state index contributed by atoms with van der Waals surface area (Å²) in [7, 11) is 0. The van der Waals surface area contributed by atoms with Crippen LogP contribution in [0.2, 0.25) is 0 Å². The van der Waals surface area contributed by atoms with Crippen molar-refractivity contribution >= 4 is 35.1 Å². The molecule has 0 spiro atoms. The molecule has 0 saturated heterocycles. The normalized spacial score (nSPS) is 12.4. The van der Waals surface area contributed by atoms with Crippen LogP contribution < -0.4 is 0 Å². The average Bonchev–Trinajstić information content (AvgIpc) is 2.82. The Kier molecular flexibility index (Phi) is 5.47. The first-order chi connectivity index (χ1) is 16.3. The van der Waals surface area contributed by atoms with Gasteiger partial charge < -0.3 is 20.4 Å². The molecule has 1 aliphatic rings. The first-order valence-electron chi connectivity index (χ1n) is 10.1. The van der Waals surface area contributed by atoms with Crippen molar-refractivity contribution in [2.75, 3.05) is 0 Å². The summed E-state index contributed by atoms with van der Waals surface area (Å²) in [5, 5.41) is 40.1. The molecule has 168 valence electrons. The molecule has 4 aromatic carbocycles. The van der Waals surface area contributed by atoms with Crippen molar-refractivity contribution in [2.24, 2.45) is 0 Å². The van der Waals surface area contributed by atoms with E-state index in [1.165, 1.54) is 59.9 Å². The lowest BCUT2D eigenvalue weighted by molar-refractivity contribution is 0.0969. The summed E-state index contributed by atoms with van der Waals surface area (Å²) in [6.45, 7) is 0. The maximum absolute atomic E-state index is 13.8. The average molecular weight is 489 g/mol. The lowest BCUT2D eigenvalue weighted by Crippen LogP contribution is -2.23. The molecule has 0 amide bonds. The molecule has 1 aliphatic carbocycles. The number of hydrogen-bond acceptors (Lipinski definition) is 8. The molecule has 0 radical (unpaired) electrons. The summed E-state index contributed by atoms with van der Waals surface area (Å²) in [5.74, 6) is -1.61. The molecule has 4 aromatic rings. The zero-order chi connectivity index (χ0) is 24.0. The number of rotatable bonds is 4. The Hall–Kier alpha value is -3.88. The second kappa shape index (κ2) is 8.48. The third-order valence-electron chi connectivity index (χ3n) is 5.33. The van der Waals surface area contributed by atoms with Gasteiger partial charge in [-0.15, -0.1) is 0 Å². The predicted molar refractivity (Wildman–Crippen MR) is 128 cm³/mol. The lowest BCUT2D eigenvalue weighted by atomic mass is 9.83. The summed E-state index contributed by atoms with van der Waals surface area (Å²) in [5.41, 5.74) is -0.172. The van der Waals surface area contributed by atoms with Crippen LogP contribution in [0.3, 0.4) is 0 Å². The van der Waals surface area contributed by atoms with Crippen molar-refractivity contribution in [1.82, 2.24) is 0 Å². The molecule has 0 unspecified atom stereocenters. The van der Waals surface area contributed by atoms with Crippen molar-refractivity contribution in [2.45, 2.75) is 19.6 Å². The molecule has 0 atom stereocenters. The topological polar surface area (TPSA) is 115 Å². The van der Waals surface area contributed by atoms with Gasteiger partial charge in [-0.1, -0.05) is 23.5 Å². The molecule has 0 saturated carbocycles. The summed E-state index contributed by atoms with van der Waals surface area (Å²) in [4.78, 5) is 29.6. The highest BCUT2D eigenvalue weighted by atomic mass is 32.2. The fourth-order valence-electron chi connectivity index (χ4n) is 3.76. The van der Waals surface area contributed by atoms with E-state index in [2.05, 4.69) is 0 Å². The van der Waals surface area contributed by atoms with E-state index in [9.17, 15) is 30.0 Å². The van der Waals surface area contributed by atoms with Crippen LogP contribution in [0.4, 0.5) is 0 Å². The van der Waals surface area contributed by atoms with Crippen molar-refractivity contribution in [3.05, 3.63) is 95.1 Å². The Morgan fingerprint density at radius 1 is 0.441 bits per heavy atom. The second-order valence-electron chi connectivity index (χ2n) is 7.52. The number of benzene rings is 4. The largest absolute Gasteiger partial charge is 0.508 e. The van der Waals surface area contributed by atoms with E-state index in [4.69, 9.17) is 0 Å². The van der Waals surface area contributed by atoms with E-state index in [1.54, 1.807) is 36.4 Å². The predicted octanol–water partition coefficient (Wildman–Crippen LogP) is 5.59. The zero-order valence-corrected chi connectivity index (χ0v) is 19.0. The maximum atomic E-state index is 13.8. The molecule has 0 aliphatic heterocycles. The summed E-state index contributed by atoms with van der Waals surface area (Å²) >= 11 is 2.45. The lowest BCUT2D eigenvalue weighted by Gasteiger charge is -2.23. The van der Waals surface area contributed by atoms with Gasteiger partial charge in [0.1, 0.15) is 23.0 Å². The quantitative estimate of drug-likeness (QED) is 0.259. The zero-order valence-electron chi connectivity index (χ0n) is 17.4. The number of carbonyl (C=O) groups excluding carboxylic acids is 2. The molecule has 0 fully saturated rings. The minimum atomic E-state index is -0.638. The fraction of sp³-hybridized carbons (Fsp3) is 0. The Morgan fingerprint density at radius 2 is 0.794 bits per heavy atom. The fourth-order valence-corrected chi connectivity index (χ4v) is 5.68. The van der Waals surface area contributed by atoms with Gasteiger partial charge in [0.15, 0.2) is 5.78 Å². The minimum absolute atomic E-state index is 0.0636. The Balaban J connectivity index is 1.65. The number of aromatic hydroxyl groups is 4. The molecule has 6 nitrogen and oxygen atoms in total. The van der Waals surface area contributed by atoms with E-state index < -0.39 is 11.6 Å². The number of ketones is 2. The maximum Gasteiger partial charge on any atom is 0.202 e. The number of phenols is 4. The summed E-state index contributed by atoms with van der Waals surface area (Å²) < 4.78 is 0. The minimum Gasteiger partial charge on any atom is -0.508 e. The van der Waals surface area contributed by atoms with Crippen molar-refractivity contribution in [1.29, 1.82) is 0 Å². The van der Waals surface area contributed by atoms with Gasteiger partial charge in [0, 0.05) is 19.6 Å². The van der Waals surface area contributed by atoms with Crippen molar-refractivity contribution < 1.29 is 30.0 Å². The molecular formula is C26H16O6S2. The molecular weight excluding hydrogens is 472 g/mol. The van der Waals surface area contributed by atoms with Crippen LogP contribution >= 0.6 is 23.5 Å². The molecule has 0 aromatic heterocycles. The number of phenolic OH excluding ortho intramolecular Hbond substituents is 4. The van der Waals surface area contributed by atoms with Gasteiger partial charge in [-0.2, -0.15) is 0 Å². The monoisotopic (exact) mass is 488 g/mol. The molecule has 8 heteroatoms. The van der Waals surface area contributed by atoms with Gasteiger partial charge in [-0.25, -0.2) is 0 Å². The van der Waals surface area contributed by atoms with E-state index in [-0.39, 0.29) is 45.3 Å². The SMILES string of the molecule is O=C1c2c(O)ccc(Sc3ccc(O)cc3)c2C(=O)c2c(Sc3ccc(O)cc3)ccc(O)c21. The van der Waals surface area contributed by atoms with E-state index in [0.717, 1.165) is 9.79 Å². The summed E-state index contributed by atoms with van der Waals surface area (Å²) in [6.07, 6.45) is 0. The second-order valence-corrected chi connectivity index (χ2v) is 9.75. The third-order valence-corrected chi connectivity index (χ3v) is 7.46. The molecule has 34 heavy (non-hydrogen) atoms. The summed E-state index contributed by atoms with van der Waals surface area (Å²) in [6, 6.07) is 18.6. The van der Waals surface area contributed by atoms with Crippen LogP contribution in [0.25, 0.3) is 0 Å². The Labute approximate surface area is 202 Å². The van der Waals surface area contributed by atoms with Gasteiger partial charge in [-0.05, 0) is 72.8 Å². The number of carbonyl (C=O) groups is 2. The first kappa shape index (κ1) is 21.9. The Morgan fingerprint density at radius 3 is 1.18 bits per heavy atom. The van der Waals surface area contributed by atoms with Crippen LogP contribution in [0.1, 0.15) is 31.8 Å². The van der Waals surface area contributed by atoms with E-state index in [0.29, 0.717) is 9.79 Å². The first-order valence-corrected chi connectivity index (χ1v) is 11.7. The van der Waals surface area contributed by atoms with Crippen molar-refractivity contribution in [3.8, 4) is 23.0 Å². The number of hydrogen-bond donors (Lipinski definition) is 4. The van der Waals surface area contributed by atoms with Crippen molar-refractivity contribution in [3.63, 3.8) is 0 Å². The van der Waals surface area contributed by atoms with Gasteiger partial charge in [-0.3, -0.25) is 9.59 Å². The van der Waals surface area contributed by atoms with E-state index in [1.807, 2.05) is 0 Å². The van der Waals surface area contributed by atoms with Crippen LogP contribution in [-0.4, -0.2) is 32.0 Å². The smallest absolute Gasteiger partial charge is 0.202 e. The molecule has 5 rings (SSSR count). The Bertz CT molecular complexity index is 1350. The molecule has 0 heterocycles. The van der Waals surface area contributed by atoms with Gasteiger partial charge in [0.25, 0.3) is 0 Å². The highest BCUT2D eigenvalue weighted by Crippen LogP contribution is 2.46. The molecule has 4 N–H and O–H groups in total. The third kappa shape index (κ3) is 3.76.